The van der Waals surface area contributed by atoms with Crippen LogP contribution in [0.3, 0.4) is 0 Å². The summed E-state index contributed by atoms with van der Waals surface area (Å²) in [6, 6.07) is 0. The average Bonchev–Trinajstić information content (AvgIpc) is 2.43. The maximum absolute atomic E-state index is 12.8. The molecule has 1 saturated carbocycles. The molecule has 1 aliphatic carbocycles. The second-order valence-electron chi connectivity index (χ2n) is 8.02. The van der Waals surface area contributed by atoms with Crippen molar-refractivity contribution in [1.82, 2.24) is 10.2 Å². The van der Waals surface area contributed by atoms with Crippen LogP contribution in [0.15, 0.2) is 0 Å². The molecule has 0 aromatic carbocycles. The maximum atomic E-state index is 12.8. The number of likely N-dealkylation sites (N-methyl/N-ethyl adjacent to an activating group) is 1. The molecule has 2 aliphatic rings. The lowest BCUT2D eigenvalue weighted by atomic mass is 9.46. The van der Waals surface area contributed by atoms with Crippen LogP contribution in [0.4, 0.5) is 0 Å². The van der Waals surface area contributed by atoms with Crippen molar-refractivity contribution in [3.05, 3.63) is 0 Å². The number of carbonyl (C=O) groups excluding carboxylic acids is 1. The van der Waals surface area contributed by atoms with Gasteiger partial charge in [-0.05, 0) is 40.8 Å². The van der Waals surface area contributed by atoms with E-state index in [0.29, 0.717) is 6.54 Å². The van der Waals surface area contributed by atoms with E-state index in [9.17, 15) is 4.79 Å². The van der Waals surface area contributed by atoms with Crippen LogP contribution >= 0.6 is 24.8 Å². The van der Waals surface area contributed by atoms with Gasteiger partial charge in [-0.2, -0.15) is 0 Å². The third-order valence-corrected chi connectivity index (χ3v) is 5.95. The zero-order chi connectivity index (χ0) is 16.1. The number of carbonyl (C=O) groups is 1. The highest BCUT2D eigenvalue weighted by Gasteiger charge is 2.70. The first-order valence-corrected chi connectivity index (χ1v) is 7.91. The molecular weight excluding hydrogens is 337 g/mol. The van der Waals surface area contributed by atoms with Gasteiger partial charge in [0.2, 0.25) is 5.91 Å². The molecule has 0 spiro atoms. The Bertz CT molecular complexity index is 430. The van der Waals surface area contributed by atoms with Crippen LogP contribution in [0.2, 0.25) is 0 Å². The first-order valence-electron chi connectivity index (χ1n) is 7.91. The number of fused-ring (bicyclic) bond motifs is 1. The molecule has 2 rings (SSSR count). The van der Waals surface area contributed by atoms with Gasteiger partial charge in [0, 0.05) is 30.0 Å². The van der Waals surface area contributed by atoms with Crippen LogP contribution in [0, 0.1) is 11.3 Å². The summed E-state index contributed by atoms with van der Waals surface area (Å²) in [4.78, 5) is 14.9. The smallest absolute Gasteiger partial charge is 0.241 e. The Morgan fingerprint density at radius 1 is 1.35 bits per heavy atom. The highest BCUT2D eigenvalue weighted by Crippen LogP contribution is 2.57. The van der Waals surface area contributed by atoms with Crippen LogP contribution < -0.4 is 11.1 Å². The third-order valence-electron chi connectivity index (χ3n) is 5.95. The summed E-state index contributed by atoms with van der Waals surface area (Å²) in [6.45, 7) is 9.69. The molecule has 2 fully saturated rings. The van der Waals surface area contributed by atoms with Crippen molar-refractivity contribution >= 4 is 30.7 Å². The Balaban J connectivity index is 0.00000242. The van der Waals surface area contributed by atoms with Gasteiger partial charge >= 0.3 is 0 Å². The van der Waals surface area contributed by atoms with Gasteiger partial charge in [0.1, 0.15) is 5.54 Å². The molecule has 1 heterocycles. The fourth-order valence-corrected chi connectivity index (χ4v) is 3.64. The molecule has 1 saturated heterocycles. The fourth-order valence-electron chi connectivity index (χ4n) is 3.64. The van der Waals surface area contributed by atoms with Crippen LogP contribution in [0.1, 0.15) is 40.5 Å². The van der Waals surface area contributed by atoms with E-state index >= 15 is 0 Å². The van der Waals surface area contributed by atoms with E-state index in [1.54, 1.807) is 0 Å². The minimum absolute atomic E-state index is 0. The van der Waals surface area contributed by atoms with E-state index in [1.165, 1.54) is 0 Å². The van der Waals surface area contributed by atoms with Crippen molar-refractivity contribution < 1.29 is 9.53 Å². The molecule has 0 bridgehead atoms. The molecule has 3 unspecified atom stereocenters. The van der Waals surface area contributed by atoms with Crippen molar-refractivity contribution in [2.45, 2.75) is 57.7 Å². The van der Waals surface area contributed by atoms with Gasteiger partial charge in [-0.25, -0.2) is 0 Å². The van der Waals surface area contributed by atoms with Crippen molar-refractivity contribution in [1.29, 1.82) is 0 Å². The number of halogens is 2. The predicted octanol–water partition coefficient (Wildman–Crippen LogP) is 1.82. The van der Waals surface area contributed by atoms with Gasteiger partial charge in [0.05, 0.1) is 6.10 Å². The molecule has 7 heteroatoms. The Morgan fingerprint density at radius 2 is 1.91 bits per heavy atom. The molecule has 1 aliphatic heterocycles. The Labute approximate surface area is 152 Å². The molecule has 3 atom stereocenters. The predicted molar refractivity (Wildman–Crippen MR) is 98.4 cm³/mol. The van der Waals surface area contributed by atoms with Gasteiger partial charge in [-0.15, -0.1) is 24.8 Å². The van der Waals surface area contributed by atoms with Crippen LogP contribution in [0.5, 0.6) is 0 Å². The number of hydrogen-bond acceptors (Lipinski definition) is 4. The lowest BCUT2D eigenvalue weighted by molar-refractivity contribution is -0.225. The summed E-state index contributed by atoms with van der Waals surface area (Å²) in [5.41, 5.74) is 5.35. The number of nitrogens with one attached hydrogen (secondary N) is 1. The molecular formula is C16H33Cl2N3O2. The minimum Gasteiger partial charge on any atom is -0.377 e. The van der Waals surface area contributed by atoms with E-state index in [0.717, 1.165) is 19.4 Å². The summed E-state index contributed by atoms with van der Waals surface area (Å²) < 4.78 is 5.85. The number of hydrogen-bond donors (Lipinski definition) is 2. The highest BCUT2D eigenvalue weighted by molar-refractivity contribution is 5.89. The van der Waals surface area contributed by atoms with Gasteiger partial charge < -0.3 is 20.7 Å². The van der Waals surface area contributed by atoms with E-state index in [2.05, 4.69) is 37.9 Å². The summed E-state index contributed by atoms with van der Waals surface area (Å²) in [6.07, 6.45) is 2.09. The Hall–Kier alpha value is -0.0700. The average molecular weight is 370 g/mol. The summed E-state index contributed by atoms with van der Waals surface area (Å²) in [5.74, 6) is 0.109. The van der Waals surface area contributed by atoms with E-state index < -0.39 is 5.54 Å². The molecule has 0 aromatic rings. The van der Waals surface area contributed by atoms with E-state index in [-0.39, 0.29) is 53.7 Å². The van der Waals surface area contributed by atoms with Crippen molar-refractivity contribution in [2.24, 2.45) is 17.1 Å². The molecule has 138 valence electrons. The highest BCUT2D eigenvalue weighted by atomic mass is 35.5. The first kappa shape index (κ1) is 22.9. The van der Waals surface area contributed by atoms with E-state index in [4.69, 9.17) is 10.5 Å². The van der Waals surface area contributed by atoms with Crippen LogP contribution in [-0.4, -0.2) is 55.2 Å². The molecule has 23 heavy (non-hydrogen) atoms. The van der Waals surface area contributed by atoms with E-state index in [1.807, 2.05) is 14.1 Å². The SMILES string of the molecule is CN(C)C(C)(C)CNC(=O)C1(N)C2CCCOC2C1(C)C.Cl.Cl. The first-order chi connectivity index (χ1) is 9.55. The van der Waals surface area contributed by atoms with Crippen LogP contribution in [-0.2, 0) is 9.53 Å². The topological polar surface area (TPSA) is 67.6 Å². The molecule has 0 aromatic heterocycles. The van der Waals surface area contributed by atoms with Crippen LogP contribution in [0.25, 0.3) is 0 Å². The van der Waals surface area contributed by atoms with Crippen molar-refractivity contribution in [3.63, 3.8) is 0 Å². The fraction of sp³-hybridized carbons (Fsp3) is 0.938. The van der Waals surface area contributed by atoms with Crippen molar-refractivity contribution in [2.75, 3.05) is 27.2 Å². The van der Waals surface area contributed by atoms with Gasteiger partial charge in [0.15, 0.2) is 0 Å². The molecule has 5 nitrogen and oxygen atoms in total. The Kier molecular flexibility index (Phi) is 7.42. The lowest BCUT2D eigenvalue weighted by Gasteiger charge is -2.65. The maximum Gasteiger partial charge on any atom is 0.241 e. The van der Waals surface area contributed by atoms with Crippen molar-refractivity contribution in [3.8, 4) is 0 Å². The minimum atomic E-state index is -0.819. The summed E-state index contributed by atoms with van der Waals surface area (Å²) in [5, 5.41) is 3.07. The number of nitrogens with two attached hydrogens (primary N) is 1. The zero-order valence-corrected chi connectivity index (χ0v) is 16.8. The molecule has 0 radical (unpaired) electrons. The van der Waals surface area contributed by atoms with Gasteiger partial charge in [0.25, 0.3) is 0 Å². The zero-order valence-electron chi connectivity index (χ0n) is 15.1. The lowest BCUT2D eigenvalue weighted by Crippen LogP contribution is -2.82. The van der Waals surface area contributed by atoms with Gasteiger partial charge in [-0.1, -0.05) is 13.8 Å². The monoisotopic (exact) mass is 369 g/mol. The molecule has 3 N–H and O–H groups in total. The summed E-state index contributed by atoms with van der Waals surface area (Å²) >= 11 is 0. The number of amides is 1. The third kappa shape index (κ3) is 3.49. The Morgan fingerprint density at radius 3 is 2.43 bits per heavy atom. The number of ether oxygens (including phenoxy) is 1. The standard InChI is InChI=1S/C16H31N3O2.2ClH/c1-14(2,19(5)6)10-18-13(20)16(17)11-8-7-9-21-12(11)15(16,3)4;;/h11-12H,7-10,17H2,1-6H3,(H,18,20);2*1H. The second kappa shape index (κ2) is 7.44. The number of nitrogens with zero attached hydrogens (tertiary/aromatic N) is 1. The molecule has 1 amide bonds. The van der Waals surface area contributed by atoms with Gasteiger partial charge in [-0.3, -0.25) is 4.79 Å². The number of rotatable bonds is 4. The largest absolute Gasteiger partial charge is 0.377 e. The quantitative estimate of drug-likeness (QED) is 0.792. The second-order valence-corrected chi connectivity index (χ2v) is 8.02. The normalized spacial score (nSPS) is 32.0. The summed E-state index contributed by atoms with van der Waals surface area (Å²) in [7, 11) is 4.03.